The van der Waals surface area contributed by atoms with Crippen molar-refractivity contribution in [2.24, 2.45) is 0 Å². The van der Waals surface area contributed by atoms with Crippen LogP contribution in [0.1, 0.15) is 445 Å². The molecular weight excluding hydrogens is 997 g/mol. The second-order valence-corrected chi connectivity index (χ2v) is 25.9. The molecule has 1 unspecified atom stereocenters. The average Bonchev–Trinajstić information content (AvgIpc) is 3.47. The number of hydrogen-bond donors (Lipinski definition) is 0. The largest absolute Gasteiger partial charge is 0.462 e. The van der Waals surface area contributed by atoms with Crippen LogP contribution in [0, 0.1) is 0 Å². The predicted molar refractivity (Wildman–Crippen MR) is 354 cm³/mol. The zero-order valence-electron chi connectivity index (χ0n) is 55.6. The highest BCUT2D eigenvalue weighted by atomic mass is 16.6. The fourth-order valence-electron chi connectivity index (χ4n) is 12.0. The van der Waals surface area contributed by atoms with E-state index in [4.69, 9.17) is 14.2 Å². The van der Waals surface area contributed by atoms with Gasteiger partial charge in [-0.15, -0.1) is 0 Å². The highest BCUT2D eigenvalue weighted by Gasteiger charge is 2.20. The van der Waals surface area contributed by atoms with Crippen LogP contribution in [-0.2, 0) is 28.6 Å². The van der Waals surface area contributed by atoms with Crippen LogP contribution in [0.15, 0.2) is 0 Å². The fraction of sp³-hybridized carbons (Fsp3) is 0.960. The molecule has 0 aromatic carbocycles. The van der Waals surface area contributed by atoms with Crippen LogP contribution in [0.3, 0.4) is 0 Å². The van der Waals surface area contributed by atoms with Gasteiger partial charge in [0, 0.05) is 19.3 Å². The Labute approximate surface area is 508 Å². The SMILES string of the molecule is CCCCCCCCCCCCCCCCCCCCCCCCCCCCCCCC(=O)OCC(COC(=O)CCCCCCCCCC)OC(=O)CCCCCCCCCCCCCCCCCCCCCCCCCCCC. The molecular formula is C75H146O6. The maximum absolute atomic E-state index is 12.9. The number of unbranched alkanes of at least 4 members (excludes halogenated alkanes) is 60. The Bertz CT molecular complexity index is 1220. The zero-order chi connectivity index (χ0) is 58.5. The van der Waals surface area contributed by atoms with Gasteiger partial charge in [-0.1, -0.05) is 406 Å². The molecule has 0 rings (SSSR count). The zero-order valence-corrected chi connectivity index (χ0v) is 55.6. The second kappa shape index (κ2) is 70.9. The molecule has 0 saturated carbocycles. The molecule has 0 aliphatic rings. The molecule has 482 valence electrons. The van der Waals surface area contributed by atoms with Crippen molar-refractivity contribution in [2.75, 3.05) is 13.2 Å². The Kier molecular flexibility index (Phi) is 69.5. The van der Waals surface area contributed by atoms with Gasteiger partial charge in [0.25, 0.3) is 0 Å². The van der Waals surface area contributed by atoms with E-state index in [0.717, 1.165) is 57.8 Å². The molecule has 1 atom stereocenters. The third-order valence-electron chi connectivity index (χ3n) is 17.6. The number of carbonyl (C=O) groups excluding carboxylic acids is 3. The summed E-state index contributed by atoms with van der Waals surface area (Å²) in [5, 5.41) is 0. The van der Waals surface area contributed by atoms with E-state index in [9.17, 15) is 14.4 Å². The van der Waals surface area contributed by atoms with Crippen LogP contribution in [0.4, 0.5) is 0 Å². The summed E-state index contributed by atoms with van der Waals surface area (Å²) in [6.45, 7) is 6.71. The smallest absolute Gasteiger partial charge is 0.306 e. The summed E-state index contributed by atoms with van der Waals surface area (Å²) >= 11 is 0. The van der Waals surface area contributed by atoms with Gasteiger partial charge in [0.2, 0.25) is 0 Å². The molecule has 0 spiro atoms. The minimum Gasteiger partial charge on any atom is -0.462 e. The van der Waals surface area contributed by atoms with E-state index in [0.29, 0.717) is 19.3 Å². The molecule has 0 N–H and O–H groups in total. The van der Waals surface area contributed by atoms with E-state index in [-0.39, 0.29) is 31.1 Å². The summed E-state index contributed by atoms with van der Waals surface area (Å²) < 4.78 is 17.0. The molecule has 0 heterocycles. The number of rotatable bonds is 71. The molecule has 81 heavy (non-hydrogen) atoms. The minimum atomic E-state index is -0.762. The minimum absolute atomic E-state index is 0.0608. The molecule has 0 amide bonds. The van der Waals surface area contributed by atoms with E-state index in [1.165, 1.54) is 347 Å². The van der Waals surface area contributed by atoms with E-state index < -0.39 is 6.10 Å². The van der Waals surface area contributed by atoms with Crippen LogP contribution in [0.2, 0.25) is 0 Å². The van der Waals surface area contributed by atoms with Crippen molar-refractivity contribution >= 4 is 17.9 Å². The van der Waals surface area contributed by atoms with Crippen molar-refractivity contribution in [3.8, 4) is 0 Å². The number of ether oxygens (including phenoxy) is 3. The summed E-state index contributed by atoms with van der Waals surface area (Å²) in [6, 6.07) is 0. The van der Waals surface area contributed by atoms with Crippen molar-refractivity contribution in [1.29, 1.82) is 0 Å². The van der Waals surface area contributed by atoms with Crippen LogP contribution in [0.25, 0.3) is 0 Å². The second-order valence-electron chi connectivity index (χ2n) is 25.9. The lowest BCUT2D eigenvalue weighted by Gasteiger charge is -2.18. The van der Waals surface area contributed by atoms with E-state index in [1.54, 1.807) is 0 Å². The predicted octanol–water partition coefficient (Wildman–Crippen LogP) is 25.8. The summed E-state index contributed by atoms with van der Waals surface area (Å²) in [7, 11) is 0. The molecule has 6 nitrogen and oxygen atoms in total. The molecule has 0 aromatic rings. The highest BCUT2D eigenvalue weighted by Crippen LogP contribution is 2.20. The lowest BCUT2D eigenvalue weighted by molar-refractivity contribution is -0.167. The average molecular weight is 1140 g/mol. The molecule has 0 fully saturated rings. The maximum atomic E-state index is 12.9. The van der Waals surface area contributed by atoms with Crippen LogP contribution in [0.5, 0.6) is 0 Å². The topological polar surface area (TPSA) is 78.9 Å². The Balaban J connectivity index is 3.99. The Morgan fingerprint density at radius 1 is 0.198 bits per heavy atom. The first-order valence-corrected chi connectivity index (χ1v) is 37.5. The number of hydrogen-bond acceptors (Lipinski definition) is 6. The first-order valence-electron chi connectivity index (χ1n) is 37.5. The Hall–Kier alpha value is -1.59. The standard InChI is InChI=1S/C75H146O6/c1-4-7-10-13-16-19-21-23-25-27-29-31-33-35-37-38-39-41-42-44-46-48-50-52-54-56-59-62-65-68-74(77)80-71-72(70-79-73(76)67-64-61-58-18-15-12-9-6-3)81-75(78)69-66-63-60-57-55-53-51-49-47-45-43-40-36-34-32-30-28-26-24-22-20-17-14-11-8-5-2/h72H,4-71H2,1-3H3. The summed E-state index contributed by atoms with van der Waals surface area (Å²) in [6.07, 6.45) is 84.7. The molecule has 0 aliphatic carbocycles. The van der Waals surface area contributed by atoms with E-state index in [2.05, 4.69) is 20.8 Å². The maximum Gasteiger partial charge on any atom is 0.306 e. The van der Waals surface area contributed by atoms with Gasteiger partial charge >= 0.3 is 17.9 Å². The lowest BCUT2D eigenvalue weighted by Crippen LogP contribution is -2.30. The van der Waals surface area contributed by atoms with E-state index >= 15 is 0 Å². The van der Waals surface area contributed by atoms with Gasteiger partial charge < -0.3 is 14.2 Å². The third kappa shape index (κ3) is 69.1. The molecule has 0 bridgehead atoms. The number of carbonyl (C=O) groups is 3. The Morgan fingerprint density at radius 2 is 0.333 bits per heavy atom. The highest BCUT2D eigenvalue weighted by molar-refractivity contribution is 5.71. The molecule has 6 heteroatoms. The van der Waals surface area contributed by atoms with Crippen LogP contribution >= 0.6 is 0 Å². The van der Waals surface area contributed by atoms with Gasteiger partial charge in [-0.3, -0.25) is 14.4 Å². The van der Waals surface area contributed by atoms with Crippen molar-refractivity contribution in [3.05, 3.63) is 0 Å². The summed E-state index contributed by atoms with van der Waals surface area (Å²) in [5.74, 6) is -0.827. The van der Waals surface area contributed by atoms with Crippen molar-refractivity contribution < 1.29 is 28.6 Å². The molecule has 0 radical (unpaired) electrons. The first kappa shape index (κ1) is 79.4. The normalized spacial score (nSPS) is 11.9. The Morgan fingerprint density at radius 3 is 0.494 bits per heavy atom. The monoisotopic (exact) mass is 1140 g/mol. The summed E-state index contributed by atoms with van der Waals surface area (Å²) in [4.78, 5) is 38.3. The molecule has 0 saturated heterocycles. The van der Waals surface area contributed by atoms with Gasteiger partial charge in [0.1, 0.15) is 13.2 Å². The van der Waals surface area contributed by atoms with Crippen LogP contribution in [-0.4, -0.2) is 37.2 Å². The van der Waals surface area contributed by atoms with Gasteiger partial charge in [-0.2, -0.15) is 0 Å². The quantitative estimate of drug-likeness (QED) is 0.0343. The summed E-state index contributed by atoms with van der Waals surface area (Å²) in [5.41, 5.74) is 0. The van der Waals surface area contributed by atoms with Gasteiger partial charge in [-0.05, 0) is 19.3 Å². The van der Waals surface area contributed by atoms with Gasteiger partial charge in [-0.25, -0.2) is 0 Å². The van der Waals surface area contributed by atoms with Crippen molar-refractivity contribution in [1.82, 2.24) is 0 Å². The lowest BCUT2D eigenvalue weighted by atomic mass is 10.0. The van der Waals surface area contributed by atoms with Crippen molar-refractivity contribution in [2.45, 2.75) is 451 Å². The molecule has 0 aliphatic heterocycles. The van der Waals surface area contributed by atoms with Gasteiger partial charge in [0.05, 0.1) is 0 Å². The third-order valence-corrected chi connectivity index (χ3v) is 17.6. The van der Waals surface area contributed by atoms with E-state index in [1.807, 2.05) is 0 Å². The van der Waals surface area contributed by atoms with Gasteiger partial charge in [0.15, 0.2) is 6.10 Å². The fourth-order valence-corrected chi connectivity index (χ4v) is 12.0. The molecule has 0 aromatic heterocycles. The first-order chi connectivity index (χ1) is 40.0. The van der Waals surface area contributed by atoms with Crippen LogP contribution < -0.4 is 0 Å². The van der Waals surface area contributed by atoms with Crippen molar-refractivity contribution in [3.63, 3.8) is 0 Å². The number of esters is 3.